The van der Waals surface area contributed by atoms with Gasteiger partial charge in [0.1, 0.15) is 0 Å². The van der Waals surface area contributed by atoms with Gasteiger partial charge in [-0.2, -0.15) is 0 Å². The van der Waals surface area contributed by atoms with Crippen LogP contribution in [0.25, 0.3) is 0 Å². The van der Waals surface area contributed by atoms with E-state index in [4.69, 9.17) is 5.73 Å². The number of allylic oxidation sites excluding steroid dienone is 3. The third-order valence-electron chi connectivity index (χ3n) is 1.33. The minimum atomic E-state index is -0.334. The zero-order valence-corrected chi connectivity index (χ0v) is 6.70. The Labute approximate surface area is 70.1 Å². The SMILES string of the molecule is CC(N)NC1=CC(=O)C=CC1=O. The van der Waals surface area contributed by atoms with E-state index in [9.17, 15) is 9.59 Å². The number of carbonyl (C=O) groups excluding carboxylic acids is 2. The van der Waals surface area contributed by atoms with Crippen molar-refractivity contribution in [1.29, 1.82) is 0 Å². The van der Waals surface area contributed by atoms with Crippen molar-refractivity contribution in [3.63, 3.8) is 0 Å². The van der Waals surface area contributed by atoms with Gasteiger partial charge in [-0.1, -0.05) is 0 Å². The molecule has 64 valence electrons. The molecule has 4 heteroatoms. The number of ketones is 2. The fourth-order valence-electron chi connectivity index (χ4n) is 0.867. The van der Waals surface area contributed by atoms with Crippen molar-refractivity contribution in [2.24, 2.45) is 5.73 Å². The van der Waals surface area contributed by atoms with Gasteiger partial charge in [0.25, 0.3) is 0 Å². The van der Waals surface area contributed by atoms with Crippen LogP contribution in [0.4, 0.5) is 0 Å². The van der Waals surface area contributed by atoms with Crippen molar-refractivity contribution in [2.75, 3.05) is 0 Å². The first-order valence-electron chi connectivity index (χ1n) is 3.60. The standard InChI is InChI=1S/C8H10N2O2/c1-5(9)10-7-4-6(11)2-3-8(7)12/h2-5,10H,9H2,1H3. The third kappa shape index (κ3) is 2.03. The third-order valence-corrected chi connectivity index (χ3v) is 1.33. The Balaban J connectivity index is 2.75. The van der Waals surface area contributed by atoms with Crippen molar-refractivity contribution >= 4 is 11.6 Å². The molecule has 1 unspecified atom stereocenters. The van der Waals surface area contributed by atoms with Crippen LogP contribution < -0.4 is 11.1 Å². The maximum absolute atomic E-state index is 11.0. The van der Waals surface area contributed by atoms with Crippen LogP contribution in [0.5, 0.6) is 0 Å². The van der Waals surface area contributed by atoms with E-state index in [-0.39, 0.29) is 23.4 Å². The van der Waals surface area contributed by atoms with Crippen molar-refractivity contribution in [2.45, 2.75) is 13.1 Å². The minimum Gasteiger partial charge on any atom is -0.367 e. The summed E-state index contributed by atoms with van der Waals surface area (Å²) in [5.41, 5.74) is 5.65. The molecule has 0 aliphatic heterocycles. The van der Waals surface area contributed by atoms with Crippen LogP contribution in [0.15, 0.2) is 23.9 Å². The Bertz CT molecular complexity index is 277. The lowest BCUT2D eigenvalue weighted by molar-refractivity contribution is -0.114. The highest BCUT2D eigenvalue weighted by molar-refractivity contribution is 6.16. The van der Waals surface area contributed by atoms with Crippen molar-refractivity contribution in [3.05, 3.63) is 23.9 Å². The van der Waals surface area contributed by atoms with E-state index in [2.05, 4.69) is 5.32 Å². The largest absolute Gasteiger partial charge is 0.367 e. The molecule has 0 aromatic rings. The van der Waals surface area contributed by atoms with Gasteiger partial charge < -0.3 is 11.1 Å². The smallest absolute Gasteiger partial charge is 0.201 e. The molecule has 0 saturated heterocycles. The quantitative estimate of drug-likeness (QED) is 0.427. The lowest BCUT2D eigenvalue weighted by Gasteiger charge is -2.12. The van der Waals surface area contributed by atoms with Crippen molar-refractivity contribution < 1.29 is 9.59 Å². The summed E-state index contributed by atoms with van der Waals surface area (Å²) in [5, 5.41) is 2.68. The molecule has 1 rings (SSSR count). The monoisotopic (exact) mass is 166 g/mol. The summed E-state index contributed by atoms with van der Waals surface area (Å²) in [6.07, 6.45) is 3.37. The molecule has 0 heterocycles. The number of carbonyl (C=O) groups is 2. The highest BCUT2D eigenvalue weighted by atomic mass is 16.1. The molecule has 1 aliphatic carbocycles. The molecule has 0 fully saturated rings. The van der Waals surface area contributed by atoms with Crippen LogP contribution in [0.2, 0.25) is 0 Å². The van der Waals surface area contributed by atoms with Crippen LogP contribution >= 0.6 is 0 Å². The second-order valence-corrected chi connectivity index (χ2v) is 2.59. The number of nitrogens with two attached hydrogens (primary N) is 1. The van der Waals surface area contributed by atoms with Crippen LogP contribution in [-0.4, -0.2) is 17.7 Å². The van der Waals surface area contributed by atoms with Gasteiger partial charge in [0.2, 0.25) is 5.78 Å². The second-order valence-electron chi connectivity index (χ2n) is 2.59. The molecule has 0 amide bonds. The molecule has 1 atom stereocenters. The maximum Gasteiger partial charge on any atom is 0.201 e. The highest BCUT2D eigenvalue weighted by Crippen LogP contribution is 2.01. The minimum absolute atomic E-state index is 0.197. The van der Waals surface area contributed by atoms with Gasteiger partial charge in [0.15, 0.2) is 5.78 Å². The summed E-state index contributed by atoms with van der Waals surface area (Å²) in [5.74, 6) is -0.412. The Morgan fingerprint density at radius 1 is 1.42 bits per heavy atom. The maximum atomic E-state index is 11.0. The first-order chi connectivity index (χ1) is 5.59. The first kappa shape index (κ1) is 8.67. The number of hydrogen-bond donors (Lipinski definition) is 2. The average Bonchev–Trinajstić information content (AvgIpc) is 1.96. The molecule has 0 saturated carbocycles. The van der Waals surface area contributed by atoms with Gasteiger partial charge >= 0.3 is 0 Å². The molecular formula is C8H10N2O2. The second kappa shape index (κ2) is 3.32. The van der Waals surface area contributed by atoms with Crippen LogP contribution in [-0.2, 0) is 9.59 Å². The van der Waals surface area contributed by atoms with E-state index in [1.54, 1.807) is 6.92 Å². The lowest BCUT2D eigenvalue weighted by atomic mass is 10.1. The molecule has 12 heavy (non-hydrogen) atoms. The zero-order chi connectivity index (χ0) is 9.14. The summed E-state index contributed by atoms with van der Waals surface area (Å²) in [7, 11) is 0. The van der Waals surface area contributed by atoms with E-state index in [0.717, 1.165) is 0 Å². The van der Waals surface area contributed by atoms with Crippen molar-refractivity contribution in [3.8, 4) is 0 Å². The van der Waals surface area contributed by atoms with Crippen LogP contribution in [0.3, 0.4) is 0 Å². The fraction of sp³-hybridized carbons (Fsp3) is 0.250. The zero-order valence-electron chi connectivity index (χ0n) is 6.70. The highest BCUT2D eigenvalue weighted by Gasteiger charge is 2.13. The van der Waals surface area contributed by atoms with Gasteiger partial charge in [0.05, 0.1) is 11.9 Å². The van der Waals surface area contributed by atoms with E-state index in [1.165, 1.54) is 18.2 Å². The molecule has 1 aliphatic rings. The summed E-state index contributed by atoms with van der Waals surface area (Å²) < 4.78 is 0. The topological polar surface area (TPSA) is 72.2 Å². The van der Waals surface area contributed by atoms with Crippen LogP contribution in [0, 0.1) is 0 Å². The molecule has 0 radical (unpaired) electrons. The average molecular weight is 166 g/mol. The van der Waals surface area contributed by atoms with Gasteiger partial charge in [0, 0.05) is 6.08 Å². The van der Waals surface area contributed by atoms with Gasteiger partial charge in [-0.15, -0.1) is 0 Å². The van der Waals surface area contributed by atoms with E-state index in [1.807, 2.05) is 0 Å². The summed E-state index contributed by atoms with van der Waals surface area (Å²) in [6, 6.07) is 0. The van der Waals surface area contributed by atoms with E-state index < -0.39 is 0 Å². The van der Waals surface area contributed by atoms with Gasteiger partial charge in [-0.3, -0.25) is 9.59 Å². The Morgan fingerprint density at radius 2 is 2.08 bits per heavy atom. The predicted octanol–water partition coefficient (Wildman–Crippen LogP) is -0.527. The molecular weight excluding hydrogens is 156 g/mol. The summed E-state index contributed by atoms with van der Waals surface area (Å²) in [6.45, 7) is 1.69. The molecule has 0 spiro atoms. The van der Waals surface area contributed by atoms with Crippen LogP contribution in [0.1, 0.15) is 6.92 Å². The molecule has 3 N–H and O–H groups in total. The normalized spacial score (nSPS) is 19.0. The molecule has 4 nitrogen and oxygen atoms in total. The predicted molar refractivity (Wildman–Crippen MR) is 44.0 cm³/mol. The van der Waals surface area contributed by atoms with E-state index in [0.29, 0.717) is 0 Å². The first-order valence-corrected chi connectivity index (χ1v) is 3.60. The van der Waals surface area contributed by atoms with Gasteiger partial charge in [-0.25, -0.2) is 0 Å². The lowest BCUT2D eigenvalue weighted by Crippen LogP contribution is -2.36. The van der Waals surface area contributed by atoms with Crippen molar-refractivity contribution in [1.82, 2.24) is 5.32 Å². The van der Waals surface area contributed by atoms with E-state index >= 15 is 0 Å². The van der Waals surface area contributed by atoms with Gasteiger partial charge in [-0.05, 0) is 19.1 Å². The molecule has 0 aromatic heterocycles. The number of hydrogen-bond acceptors (Lipinski definition) is 4. The molecule has 0 aromatic carbocycles. The fourth-order valence-corrected chi connectivity index (χ4v) is 0.867. The molecule has 0 bridgehead atoms. The Kier molecular flexibility index (Phi) is 2.40. The summed E-state index contributed by atoms with van der Waals surface area (Å²) >= 11 is 0. The number of nitrogens with one attached hydrogen (secondary N) is 1. The Morgan fingerprint density at radius 3 is 2.67 bits per heavy atom. The Hall–Kier alpha value is -1.42. The summed E-state index contributed by atoms with van der Waals surface area (Å²) in [4.78, 5) is 21.9. The number of rotatable bonds is 2.